The van der Waals surface area contributed by atoms with Crippen LogP contribution in [0.2, 0.25) is 0 Å². The van der Waals surface area contributed by atoms with Crippen LogP contribution in [0, 0.1) is 0 Å². The highest BCUT2D eigenvalue weighted by Gasteiger charge is 2.31. The Balaban J connectivity index is 1.94. The van der Waals surface area contributed by atoms with Gasteiger partial charge in [0.25, 0.3) is 0 Å². The van der Waals surface area contributed by atoms with Crippen LogP contribution in [0.3, 0.4) is 0 Å². The number of carbonyl (C=O) groups excluding carboxylic acids is 1. The Morgan fingerprint density at radius 2 is 2.29 bits per heavy atom. The summed E-state index contributed by atoms with van der Waals surface area (Å²) in [6, 6.07) is 3.71. The van der Waals surface area contributed by atoms with E-state index in [4.69, 9.17) is 4.42 Å². The number of furan rings is 1. The van der Waals surface area contributed by atoms with E-state index >= 15 is 0 Å². The van der Waals surface area contributed by atoms with E-state index in [-0.39, 0.29) is 30.2 Å². The molecular formula is C14H18N4O3. The number of nitrogens with zero attached hydrogens (tertiary/aromatic N) is 3. The van der Waals surface area contributed by atoms with Crippen molar-refractivity contribution < 1.29 is 9.21 Å². The van der Waals surface area contributed by atoms with Crippen LogP contribution in [0.1, 0.15) is 32.7 Å². The smallest absolute Gasteiger partial charge is 0.347 e. The zero-order valence-corrected chi connectivity index (χ0v) is 12.1. The number of nitrogens with one attached hydrogen (secondary N) is 1. The lowest BCUT2D eigenvalue weighted by molar-refractivity contribution is -0.122. The predicted molar refractivity (Wildman–Crippen MR) is 75.7 cm³/mol. The average Bonchev–Trinajstić information content (AvgIpc) is 2.98. The van der Waals surface area contributed by atoms with E-state index in [0.717, 1.165) is 12.8 Å². The van der Waals surface area contributed by atoms with Crippen LogP contribution in [0.4, 0.5) is 0 Å². The van der Waals surface area contributed by atoms with Gasteiger partial charge in [-0.15, -0.1) is 5.10 Å². The van der Waals surface area contributed by atoms with E-state index in [1.54, 1.807) is 23.0 Å². The molecule has 0 atom stereocenters. The molecule has 1 aliphatic carbocycles. The summed E-state index contributed by atoms with van der Waals surface area (Å²) in [5.41, 5.74) is -0.261. The molecule has 2 heterocycles. The quantitative estimate of drug-likeness (QED) is 0.896. The number of amides is 1. The Morgan fingerprint density at radius 1 is 1.52 bits per heavy atom. The van der Waals surface area contributed by atoms with Crippen LogP contribution in [0.5, 0.6) is 0 Å². The van der Waals surface area contributed by atoms with Gasteiger partial charge in [0.05, 0.1) is 6.26 Å². The summed E-state index contributed by atoms with van der Waals surface area (Å²) < 4.78 is 8.17. The van der Waals surface area contributed by atoms with Crippen molar-refractivity contribution in [3.63, 3.8) is 0 Å². The molecule has 0 bridgehead atoms. The monoisotopic (exact) mass is 290 g/mol. The van der Waals surface area contributed by atoms with Crippen LogP contribution in [-0.4, -0.2) is 26.3 Å². The molecule has 7 nitrogen and oxygen atoms in total. The summed E-state index contributed by atoms with van der Waals surface area (Å²) in [7, 11) is 0. The van der Waals surface area contributed by atoms with Crippen molar-refractivity contribution in [3.05, 3.63) is 28.9 Å². The fraction of sp³-hybridized carbons (Fsp3) is 0.500. The molecule has 112 valence electrons. The highest BCUT2D eigenvalue weighted by Crippen LogP contribution is 2.36. The van der Waals surface area contributed by atoms with Gasteiger partial charge in [-0.05, 0) is 38.8 Å². The molecule has 7 heteroatoms. The van der Waals surface area contributed by atoms with E-state index < -0.39 is 0 Å². The molecule has 0 aliphatic heterocycles. The van der Waals surface area contributed by atoms with E-state index in [2.05, 4.69) is 10.4 Å². The number of carbonyl (C=O) groups is 1. The third-order valence-electron chi connectivity index (χ3n) is 3.27. The lowest BCUT2D eigenvalue weighted by Crippen LogP contribution is -2.36. The van der Waals surface area contributed by atoms with E-state index in [1.165, 1.54) is 4.68 Å². The molecule has 0 saturated heterocycles. The van der Waals surface area contributed by atoms with Crippen LogP contribution >= 0.6 is 0 Å². The molecule has 1 fully saturated rings. The average molecular weight is 290 g/mol. The van der Waals surface area contributed by atoms with Crippen molar-refractivity contribution in [2.45, 2.75) is 45.3 Å². The maximum Gasteiger partial charge on any atom is 0.347 e. The minimum atomic E-state index is -0.261. The molecule has 21 heavy (non-hydrogen) atoms. The van der Waals surface area contributed by atoms with Crippen molar-refractivity contribution in [1.82, 2.24) is 19.7 Å². The Morgan fingerprint density at radius 3 is 2.86 bits per heavy atom. The van der Waals surface area contributed by atoms with Gasteiger partial charge in [-0.2, -0.15) is 0 Å². The predicted octanol–water partition coefficient (Wildman–Crippen LogP) is 1.16. The Hall–Kier alpha value is -2.31. The molecular weight excluding hydrogens is 272 g/mol. The number of rotatable bonds is 5. The number of hydrogen-bond donors (Lipinski definition) is 1. The first-order valence-electron chi connectivity index (χ1n) is 7.09. The van der Waals surface area contributed by atoms with Gasteiger partial charge in [0.2, 0.25) is 11.7 Å². The van der Waals surface area contributed by atoms with Crippen molar-refractivity contribution in [1.29, 1.82) is 0 Å². The van der Waals surface area contributed by atoms with Crippen molar-refractivity contribution in [3.8, 4) is 11.6 Å². The minimum Gasteiger partial charge on any atom is -0.461 e. The van der Waals surface area contributed by atoms with Gasteiger partial charge in [-0.25, -0.2) is 9.48 Å². The lowest BCUT2D eigenvalue weighted by atomic mass is 10.4. The molecule has 3 rings (SSSR count). The molecule has 1 N–H and O–H groups in total. The van der Waals surface area contributed by atoms with Crippen molar-refractivity contribution in [2.75, 3.05) is 0 Å². The van der Waals surface area contributed by atoms with Gasteiger partial charge in [0, 0.05) is 12.1 Å². The second kappa shape index (κ2) is 5.23. The normalized spacial score (nSPS) is 14.6. The highest BCUT2D eigenvalue weighted by atomic mass is 16.3. The van der Waals surface area contributed by atoms with Crippen molar-refractivity contribution in [2.24, 2.45) is 0 Å². The van der Waals surface area contributed by atoms with Gasteiger partial charge in [-0.3, -0.25) is 9.36 Å². The summed E-state index contributed by atoms with van der Waals surface area (Å²) in [6.45, 7) is 3.67. The highest BCUT2D eigenvalue weighted by molar-refractivity contribution is 5.75. The fourth-order valence-electron chi connectivity index (χ4n) is 2.26. The second-order valence-corrected chi connectivity index (χ2v) is 5.56. The van der Waals surface area contributed by atoms with Gasteiger partial charge < -0.3 is 9.73 Å². The number of aromatic nitrogens is 3. The van der Waals surface area contributed by atoms with Gasteiger partial charge in [0.1, 0.15) is 6.54 Å². The largest absolute Gasteiger partial charge is 0.461 e. The second-order valence-electron chi connectivity index (χ2n) is 5.56. The van der Waals surface area contributed by atoms with Crippen molar-refractivity contribution >= 4 is 5.91 Å². The molecule has 1 aliphatic rings. The van der Waals surface area contributed by atoms with Crippen LogP contribution in [0.15, 0.2) is 27.6 Å². The van der Waals surface area contributed by atoms with Gasteiger partial charge in [0.15, 0.2) is 5.76 Å². The standard InChI is InChI=1S/C14H18N4O3/c1-9(2)15-12(19)8-17-14(20)18(10-5-6-10)13(16-17)11-4-3-7-21-11/h3-4,7,9-10H,5-6,8H2,1-2H3,(H,15,19). The van der Waals surface area contributed by atoms with Gasteiger partial charge >= 0.3 is 5.69 Å². The third kappa shape index (κ3) is 2.76. The fourth-order valence-corrected chi connectivity index (χ4v) is 2.26. The first kappa shape index (κ1) is 13.7. The molecule has 0 spiro atoms. The molecule has 2 aromatic rings. The summed E-state index contributed by atoms with van der Waals surface area (Å²) >= 11 is 0. The zero-order valence-electron chi connectivity index (χ0n) is 12.1. The van der Waals surface area contributed by atoms with Crippen LogP contribution < -0.4 is 11.0 Å². The summed E-state index contributed by atoms with van der Waals surface area (Å²) in [4.78, 5) is 24.3. The Bertz CT molecular complexity index is 692. The Kier molecular flexibility index (Phi) is 3.40. The molecule has 2 aromatic heterocycles. The first-order valence-corrected chi connectivity index (χ1v) is 7.09. The summed E-state index contributed by atoms with van der Waals surface area (Å²) in [5, 5.41) is 7.03. The molecule has 0 aromatic carbocycles. The van der Waals surface area contributed by atoms with E-state index in [0.29, 0.717) is 11.6 Å². The Labute approximate surface area is 121 Å². The maximum absolute atomic E-state index is 12.4. The van der Waals surface area contributed by atoms with E-state index in [9.17, 15) is 9.59 Å². The summed E-state index contributed by atoms with van der Waals surface area (Å²) in [6.07, 6.45) is 3.45. The third-order valence-corrected chi connectivity index (χ3v) is 3.27. The van der Waals surface area contributed by atoms with Crippen LogP contribution in [0.25, 0.3) is 11.6 Å². The van der Waals surface area contributed by atoms with Crippen LogP contribution in [-0.2, 0) is 11.3 Å². The molecule has 1 saturated carbocycles. The number of hydrogen-bond acceptors (Lipinski definition) is 4. The SMILES string of the molecule is CC(C)NC(=O)Cn1nc(-c2ccco2)n(C2CC2)c1=O. The van der Waals surface area contributed by atoms with E-state index in [1.807, 2.05) is 13.8 Å². The molecule has 1 amide bonds. The zero-order chi connectivity index (χ0) is 15.0. The topological polar surface area (TPSA) is 82.1 Å². The molecule has 0 radical (unpaired) electrons. The molecule has 0 unspecified atom stereocenters. The minimum absolute atomic E-state index is 0.0308. The van der Waals surface area contributed by atoms with Gasteiger partial charge in [-0.1, -0.05) is 0 Å². The maximum atomic E-state index is 12.4. The first-order chi connectivity index (χ1) is 10.1. The lowest BCUT2D eigenvalue weighted by Gasteiger charge is -2.07. The summed E-state index contributed by atoms with van der Waals surface area (Å²) in [5.74, 6) is 0.811.